The summed E-state index contributed by atoms with van der Waals surface area (Å²) in [7, 11) is -3.24. The maximum atomic E-state index is 12.3. The molecule has 27 heavy (non-hydrogen) atoms. The van der Waals surface area contributed by atoms with Crippen molar-refractivity contribution in [3.8, 4) is 0 Å². The summed E-state index contributed by atoms with van der Waals surface area (Å²) in [4.78, 5) is 12.5. The Hall–Kier alpha value is -2.80. The summed E-state index contributed by atoms with van der Waals surface area (Å²) in [6, 6.07) is 15.2. The molecule has 0 spiro atoms. The molecule has 0 saturated carbocycles. The zero-order valence-electron chi connectivity index (χ0n) is 15.4. The topological polar surface area (TPSA) is 88.4 Å². The lowest BCUT2D eigenvalue weighted by Crippen LogP contribution is -2.38. The van der Waals surface area contributed by atoms with Crippen LogP contribution in [-0.2, 0) is 9.84 Å². The van der Waals surface area contributed by atoms with E-state index in [1.54, 1.807) is 12.1 Å². The number of amides is 2. The van der Waals surface area contributed by atoms with Crippen molar-refractivity contribution in [2.75, 3.05) is 6.26 Å². The highest BCUT2D eigenvalue weighted by Crippen LogP contribution is 2.23. The Morgan fingerprint density at radius 3 is 2.22 bits per heavy atom. The third-order valence-electron chi connectivity index (χ3n) is 4.37. The zero-order valence-corrected chi connectivity index (χ0v) is 16.2. The van der Waals surface area contributed by atoms with Gasteiger partial charge in [0.05, 0.1) is 17.0 Å². The molecule has 0 fully saturated rings. The minimum Gasteiger partial charge on any atom is -0.459 e. The minimum atomic E-state index is -3.24. The van der Waals surface area contributed by atoms with E-state index in [-0.39, 0.29) is 23.0 Å². The van der Waals surface area contributed by atoms with Gasteiger partial charge in [-0.3, -0.25) is 0 Å². The van der Waals surface area contributed by atoms with Gasteiger partial charge < -0.3 is 15.1 Å². The highest BCUT2D eigenvalue weighted by Gasteiger charge is 2.16. The summed E-state index contributed by atoms with van der Waals surface area (Å²) in [5.74, 6) is 0.677. The smallest absolute Gasteiger partial charge is 0.315 e. The lowest BCUT2D eigenvalue weighted by atomic mass is 10.1. The first-order valence-electron chi connectivity index (χ1n) is 8.59. The van der Waals surface area contributed by atoms with E-state index in [0.29, 0.717) is 5.76 Å². The van der Waals surface area contributed by atoms with Gasteiger partial charge in [0.1, 0.15) is 11.3 Å². The number of rotatable bonds is 5. The van der Waals surface area contributed by atoms with Gasteiger partial charge in [0.2, 0.25) is 0 Å². The molecule has 2 N–H and O–H groups in total. The van der Waals surface area contributed by atoms with Gasteiger partial charge in [0.25, 0.3) is 0 Å². The third-order valence-corrected chi connectivity index (χ3v) is 5.50. The number of sulfone groups is 1. The number of furan rings is 1. The van der Waals surface area contributed by atoms with Gasteiger partial charge in [-0.05, 0) is 43.7 Å². The van der Waals surface area contributed by atoms with Crippen molar-refractivity contribution in [3.05, 3.63) is 65.9 Å². The second-order valence-electron chi connectivity index (χ2n) is 6.59. The Balaban J connectivity index is 1.62. The predicted molar refractivity (Wildman–Crippen MR) is 104 cm³/mol. The van der Waals surface area contributed by atoms with Crippen LogP contribution < -0.4 is 10.6 Å². The quantitative estimate of drug-likeness (QED) is 0.695. The summed E-state index contributed by atoms with van der Waals surface area (Å²) in [5.41, 5.74) is 1.59. The highest BCUT2D eigenvalue weighted by atomic mass is 32.2. The largest absolute Gasteiger partial charge is 0.459 e. The van der Waals surface area contributed by atoms with Gasteiger partial charge in [-0.1, -0.05) is 30.3 Å². The van der Waals surface area contributed by atoms with E-state index in [9.17, 15) is 13.2 Å². The fraction of sp³-hybridized carbons (Fsp3) is 0.250. The van der Waals surface area contributed by atoms with Gasteiger partial charge in [-0.25, -0.2) is 13.2 Å². The molecule has 2 atom stereocenters. The van der Waals surface area contributed by atoms with E-state index in [2.05, 4.69) is 10.6 Å². The molecule has 0 unspecified atom stereocenters. The second kappa shape index (κ2) is 7.44. The van der Waals surface area contributed by atoms with Crippen LogP contribution in [0.15, 0.2) is 63.9 Å². The molecule has 2 amide bonds. The van der Waals surface area contributed by atoms with Crippen LogP contribution in [0.1, 0.15) is 37.3 Å². The lowest BCUT2D eigenvalue weighted by molar-refractivity contribution is 0.233. The number of para-hydroxylation sites is 1. The molecular weight excluding hydrogens is 364 g/mol. The molecule has 142 valence electrons. The average molecular weight is 386 g/mol. The van der Waals surface area contributed by atoms with Crippen LogP contribution in [0.25, 0.3) is 11.0 Å². The molecule has 1 heterocycles. The van der Waals surface area contributed by atoms with E-state index in [0.717, 1.165) is 22.8 Å². The number of hydrogen-bond acceptors (Lipinski definition) is 4. The Morgan fingerprint density at radius 1 is 0.963 bits per heavy atom. The molecular formula is C20H22N2O4S. The maximum absolute atomic E-state index is 12.3. The maximum Gasteiger partial charge on any atom is 0.315 e. The summed E-state index contributed by atoms with van der Waals surface area (Å²) < 4.78 is 28.8. The number of carbonyl (C=O) groups is 1. The second-order valence-corrected chi connectivity index (χ2v) is 8.60. The number of fused-ring (bicyclic) bond motifs is 1. The van der Waals surface area contributed by atoms with Crippen LogP contribution >= 0.6 is 0 Å². The van der Waals surface area contributed by atoms with Crippen molar-refractivity contribution < 1.29 is 17.6 Å². The minimum absolute atomic E-state index is 0.251. The standard InChI is InChI=1S/C20H22N2O4S/c1-13(15-8-10-17(11-9-15)27(3,24)25)21-20(23)22-14(2)19-12-16-6-4-5-7-18(16)26-19/h4-14H,1-3H3,(H2,21,22,23)/t13-,14-/m1/s1. The normalized spacial score (nSPS) is 13.9. The van der Waals surface area contributed by atoms with E-state index >= 15 is 0 Å². The molecule has 2 aromatic carbocycles. The van der Waals surface area contributed by atoms with Gasteiger partial charge >= 0.3 is 6.03 Å². The molecule has 0 aliphatic carbocycles. The molecule has 0 aliphatic heterocycles. The molecule has 3 aromatic rings. The molecule has 3 rings (SSSR count). The lowest BCUT2D eigenvalue weighted by Gasteiger charge is -2.17. The molecule has 0 aliphatic rings. The van der Waals surface area contributed by atoms with E-state index in [1.165, 1.54) is 12.1 Å². The first-order chi connectivity index (χ1) is 12.7. The van der Waals surface area contributed by atoms with Crippen molar-refractivity contribution in [3.63, 3.8) is 0 Å². The number of urea groups is 1. The Labute approximate surface area is 158 Å². The van der Waals surface area contributed by atoms with Gasteiger partial charge in [-0.2, -0.15) is 0 Å². The molecule has 0 saturated heterocycles. The Bertz CT molecular complexity index is 1020. The number of hydrogen-bond donors (Lipinski definition) is 2. The summed E-state index contributed by atoms with van der Waals surface area (Å²) in [6.45, 7) is 3.68. The van der Waals surface area contributed by atoms with Crippen LogP contribution in [-0.4, -0.2) is 20.7 Å². The number of benzene rings is 2. The predicted octanol–water partition coefficient (Wildman–Crippen LogP) is 3.96. The van der Waals surface area contributed by atoms with Crippen LogP contribution in [0.5, 0.6) is 0 Å². The van der Waals surface area contributed by atoms with Crippen LogP contribution in [0.3, 0.4) is 0 Å². The van der Waals surface area contributed by atoms with Crippen molar-refractivity contribution >= 4 is 26.8 Å². The van der Waals surface area contributed by atoms with E-state index < -0.39 is 9.84 Å². The summed E-state index contributed by atoms with van der Waals surface area (Å²) in [6.07, 6.45) is 1.16. The highest BCUT2D eigenvalue weighted by molar-refractivity contribution is 7.90. The van der Waals surface area contributed by atoms with Gasteiger partial charge in [0.15, 0.2) is 9.84 Å². The van der Waals surface area contributed by atoms with E-state index in [1.807, 2.05) is 44.2 Å². The molecule has 0 radical (unpaired) electrons. The van der Waals surface area contributed by atoms with Gasteiger partial charge in [-0.15, -0.1) is 0 Å². The fourth-order valence-corrected chi connectivity index (χ4v) is 3.44. The van der Waals surface area contributed by atoms with Crippen LogP contribution in [0.4, 0.5) is 4.79 Å². The summed E-state index contributed by atoms with van der Waals surface area (Å²) >= 11 is 0. The van der Waals surface area contributed by atoms with Crippen molar-refractivity contribution in [1.82, 2.24) is 10.6 Å². The van der Waals surface area contributed by atoms with Crippen LogP contribution in [0, 0.1) is 0 Å². The number of nitrogens with one attached hydrogen (secondary N) is 2. The zero-order chi connectivity index (χ0) is 19.6. The molecule has 0 bridgehead atoms. The number of carbonyl (C=O) groups excluding carboxylic acids is 1. The fourth-order valence-electron chi connectivity index (χ4n) is 2.81. The Morgan fingerprint density at radius 2 is 1.59 bits per heavy atom. The molecule has 1 aromatic heterocycles. The SMILES string of the molecule is C[C@@H](NC(=O)N[C@H](C)c1cc2ccccc2o1)c1ccc(S(C)(=O)=O)cc1. The monoisotopic (exact) mass is 386 g/mol. The van der Waals surface area contributed by atoms with Crippen molar-refractivity contribution in [2.45, 2.75) is 30.8 Å². The van der Waals surface area contributed by atoms with Gasteiger partial charge in [0, 0.05) is 11.6 Å². The molecule has 7 heteroatoms. The van der Waals surface area contributed by atoms with Crippen molar-refractivity contribution in [2.24, 2.45) is 0 Å². The Kier molecular flexibility index (Phi) is 5.23. The average Bonchev–Trinajstić information content (AvgIpc) is 3.05. The van der Waals surface area contributed by atoms with Crippen LogP contribution in [0.2, 0.25) is 0 Å². The first-order valence-corrected chi connectivity index (χ1v) is 10.5. The summed E-state index contributed by atoms with van der Waals surface area (Å²) in [5, 5.41) is 6.69. The van der Waals surface area contributed by atoms with Crippen molar-refractivity contribution in [1.29, 1.82) is 0 Å². The molecule has 6 nitrogen and oxygen atoms in total. The first kappa shape index (κ1) is 19.0. The van der Waals surface area contributed by atoms with E-state index in [4.69, 9.17) is 4.42 Å². The third kappa shape index (κ3) is 4.49.